The van der Waals surface area contributed by atoms with Gasteiger partial charge < -0.3 is 48.5 Å². The fourth-order valence-electron chi connectivity index (χ4n) is 5.04. The topological polar surface area (TPSA) is 111 Å². The molecule has 0 saturated carbocycles. The third-order valence-corrected chi connectivity index (χ3v) is 8.38. The average Bonchev–Trinajstić information content (AvgIpc) is 3.67. The van der Waals surface area contributed by atoms with Gasteiger partial charge in [-0.15, -0.1) is 20.4 Å². The molecular weight excluding hydrogens is 899 g/mol. The van der Waals surface area contributed by atoms with Crippen LogP contribution in [0.25, 0.3) is 22.9 Å². The molecule has 17 heteroatoms. The van der Waals surface area contributed by atoms with Gasteiger partial charge in [-0.1, -0.05) is 91.4 Å². The third kappa shape index (κ3) is 13.8. The molecule has 6 aromatic rings. The molecule has 1 aliphatic rings. The number of alkyl halides is 7. The Morgan fingerprint density at radius 1 is 0.684 bits per heavy atom. The number of aliphatic hydroxyl groups is 1. The Morgan fingerprint density at radius 3 is 1.49 bits per heavy atom. The Balaban J connectivity index is 0.000000512. The van der Waals surface area contributed by atoms with Crippen LogP contribution in [0, 0.1) is 12.8 Å². The molecule has 3 heterocycles. The zero-order chi connectivity index (χ0) is 38.2. The van der Waals surface area contributed by atoms with Gasteiger partial charge in [-0.25, -0.2) is 0 Å². The summed E-state index contributed by atoms with van der Waals surface area (Å²) < 4.78 is 92.3. The Hall–Kier alpha value is -4.05. The van der Waals surface area contributed by atoms with Crippen LogP contribution in [0.1, 0.15) is 72.2 Å². The van der Waals surface area contributed by atoms with Gasteiger partial charge in [0.05, 0.1) is 17.7 Å². The number of nitrogens with zero attached hydrogens (tertiary/aromatic N) is 4. The van der Waals surface area contributed by atoms with Crippen LogP contribution in [0.2, 0.25) is 0 Å². The summed E-state index contributed by atoms with van der Waals surface area (Å²) in [6.07, 6.45) is 0.162. The van der Waals surface area contributed by atoms with Crippen molar-refractivity contribution in [3.05, 3.63) is 149 Å². The van der Waals surface area contributed by atoms with Gasteiger partial charge in [0.15, 0.2) is 6.10 Å². The number of aliphatic hydroxyl groups excluding tert-OH is 1. The van der Waals surface area contributed by atoms with Crippen molar-refractivity contribution < 1.29 is 62.0 Å². The molecule has 0 radical (unpaired) electrons. The molecule has 298 valence electrons. The van der Waals surface area contributed by atoms with Crippen molar-refractivity contribution in [2.45, 2.75) is 52.3 Å². The Bertz CT molecular complexity index is 2120. The van der Waals surface area contributed by atoms with E-state index in [1.54, 1.807) is 12.1 Å². The Morgan fingerprint density at radius 2 is 1.09 bits per heavy atom. The van der Waals surface area contributed by atoms with E-state index in [4.69, 9.17) is 20.0 Å². The molecule has 0 aliphatic carbocycles. The molecule has 1 aliphatic heterocycles. The van der Waals surface area contributed by atoms with Crippen LogP contribution in [0.3, 0.4) is 0 Å². The van der Waals surface area contributed by atoms with Gasteiger partial charge in [0.2, 0.25) is 23.6 Å². The summed E-state index contributed by atoms with van der Waals surface area (Å²) in [6, 6.07) is 24.9. The molecule has 1 saturated heterocycles. The maximum atomic E-state index is 12.7. The van der Waals surface area contributed by atoms with E-state index in [0.717, 1.165) is 52.1 Å². The molecule has 8 nitrogen and oxygen atoms in total. The largest absolute Gasteiger partial charge is 2.00 e. The summed E-state index contributed by atoms with van der Waals surface area (Å²) in [7, 11) is 0. The molecule has 1 N–H and O–H groups in total. The van der Waals surface area contributed by atoms with E-state index in [1.165, 1.54) is 24.3 Å². The molecule has 2 aromatic heterocycles. The number of benzene rings is 4. The zero-order valence-electron chi connectivity index (χ0n) is 28.5. The Kier molecular flexibility index (Phi) is 20.4. The number of aromatic nitrogens is 4. The van der Waals surface area contributed by atoms with Crippen LogP contribution in [0.4, 0.5) is 26.3 Å². The second-order valence-electron chi connectivity index (χ2n) is 11.4. The molecule has 4 aromatic carbocycles. The van der Waals surface area contributed by atoms with Gasteiger partial charge >= 0.3 is 35.4 Å². The SMILES string of the molecule is C.C.FC(F)(F)c1ccc(Cc2ccccc2-c2nnc(C3CO3)o2)cc1.OC(CBr)c1nnc(-c2ccccc2Cc2ccc(C(F)(F)F)cc2)o1.[Br-].[C-]#C.[Mg+2]. The van der Waals surface area contributed by atoms with Crippen molar-refractivity contribution in [3.63, 3.8) is 0 Å². The molecule has 2 unspecified atom stereocenters. The number of hydrogen-bond donors (Lipinski definition) is 1. The molecule has 0 amide bonds. The minimum atomic E-state index is -4.35. The summed E-state index contributed by atoms with van der Waals surface area (Å²) in [5.74, 6) is 1.18. The van der Waals surface area contributed by atoms with Crippen molar-refractivity contribution in [3.8, 4) is 29.3 Å². The molecule has 7 rings (SSSR count). The fraction of sp³-hybridized carbons (Fsp3) is 0.250. The van der Waals surface area contributed by atoms with Crippen molar-refractivity contribution in [1.29, 1.82) is 0 Å². The third-order valence-electron chi connectivity index (χ3n) is 7.77. The molecule has 57 heavy (non-hydrogen) atoms. The van der Waals surface area contributed by atoms with E-state index in [-0.39, 0.29) is 78.1 Å². The van der Waals surface area contributed by atoms with Crippen LogP contribution < -0.4 is 17.0 Å². The number of halogens is 8. The van der Waals surface area contributed by atoms with Gasteiger partial charge in [0.25, 0.3) is 0 Å². The van der Waals surface area contributed by atoms with Crippen molar-refractivity contribution >= 4 is 39.0 Å². The van der Waals surface area contributed by atoms with Gasteiger partial charge in [-0.3, -0.25) is 0 Å². The first-order chi connectivity index (χ1) is 25.4. The van der Waals surface area contributed by atoms with Gasteiger partial charge in [0, 0.05) is 16.5 Å². The molecule has 0 spiro atoms. The minimum absolute atomic E-state index is 0. The molecule has 0 bridgehead atoms. The van der Waals surface area contributed by atoms with E-state index in [9.17, 15) is 31.4 Å². The number of rotatable bonds is 9. The van der Waals surface area contributed by atoms with E-state index in [2.05, 4.69) is 42.7 Å². The van der Waals surface area contributed by atoms with Gasteiger partial charge in [0.1, 0.15) is 6.10 Å². The number of epoxide rings is 1. The minimum Gasteiger partial charge on any atom is -1.00 e. The average molecular weight is 935 g/mol. The van der Waals surface area contributed by atoms with Crippen LogP contribution in [-0.4, -0.2) is 60.5 Å². The molecule has 1 fully saturated rings. The normalized spacial score (nSPS) is 13.3. The second kappa shape index (κ2) is 22.8. The van der Waals surface area contributed by atoms with Crippen LogP contribution in [-0.2, 0) is 29.9 Å². The van der Waals surface area contributed by atoms with Gasteiger partial charge in [-0.2, -0.15) is 26.3 Å². The van der Waals surface area contributed by atoms with Crippen molar-refractivity contribution in [2.24, 2.45) is 0 Å². The first kappa shape index (κ1) is 51.0. The maximum Gasteiger partial charge on any atom is 2.00 e. The predicted molar refractivity (Wildman–Crippen MR) is 203 cm³/mol. The molecular formula is C40H36Br2F6MgN4O4. The van der Waals surface area contributed by atoms with Crippen LogP contribution in [0.15, 0.2) is 106 Å². The Labute approximate surface area is 361 Å². The van der Waals surface area contributed by atoms with Crippen LogP contribution in [0.5, 0.6) is 0 Å². The van der Waals surface area contributed by atoms with E-state index < -0.39 is 29.6 Å². The fourth-order valence-corrected chi connectivity index (χ4v) is 5.31. The van der Waals surface area contributed by atoms with Crippen molar-refractivity contribution in [1.82, 2.24) is 20.4 Å². The number of terminal acetylenes is 1. The van der Waals surface area contributed by atoms with E-state index >= 15 is 0 Å². The van der Waals surface area contributed by atoms with E-state index in [0.29, 0.717) is 36.8 Å². The summed E-state index contributed by atoms with van der Waals surface area (Å²) in [4.78, 5) is 0. The zero-order valence-corrected chi connectivity index (χ0v) is 33.1. The summed E-state index contributed by atoms with van der Waals surface area (Å²) in [5.41, 5.74) is 3.33. The smallest absolute Gasteiger partial charge is 1.00 e. The standard InChI is InChI=1S/C18H14BrF3N2O2.C18H13F3N2O2.C2H.2CH4.BrH.Mg/c19-10-15(25)17-24-23-16(26-17)14-4-2-1-3-12(14)9-11-5-7-13(8-6-11)18(20,21)22;19-18(20,21)13-7-5-11(6-8-13)9-12-3-1-2-4-14(12)16-22-23-17(25-16)15-10-24-15;1-2;;;;/h1-8,15,25H,9-10H2;1-8,15H,9-10H2;1H;2*1H4;1H;/q;;-1;;;;+2/p-1. The van der Waals surface area contributed by atoms with Crippen LogP contribution >= 0.6 is 15.9 Å². The van der Waals surface area contributed by atoms with Gasteiger partial charge in [-0.05, 0) is 71.5 Å². The maximum absolute atomic E-state index is 12.7. The van der Waals surface area contributed by atoms with Crippen molar-refractivity contribution in [2.75, 3.05) is 11.9 Å². The molecule has 2 atom stereocenters. The predicted octanol–water partition coefficient (Wildman–Crippen LogP) is 7.29. The summed E-state index contributed by atoms with van der Waals surface area (Å²) in [5, 5.41) is 25.8. The van der Waals surface area contributed by atoms with E-state index in [1.807, 2.05) is 36.4 Å². The number of hydrogen-bond acceptors (Lipinski definition) is 8. The quantitative estimate of drug-likeness (QED) is 0.0402. The first-order valence-electron chi connectivity index (χ1n) is 15.7. The summed E-state index contributed by atoms with van der Waals surface area (Å²) >= 11 is 3.14. The summed E-state index contributed by atoms with van der Waals surface area (Å²) in [6.45, 7) is 0.578. The second-order valence-corrected chi connectivity index (χ2v) is 12.1. The number of ether oxygens (including phenoxy) is 1. The monoisotopic (exact) mass is 932 g/mol. The first-order valence-corrected chi connectivity index (χ1v) is 16.8.